The van der Waals surface area contributed by atoms with E-state index in [4.69, 9.17) is 0 Å². The van der Waals surface area contributed by atoms with E-state index in [0.717, 1.165) is 24.9 Å². The van der Waals surface area contributed by atoms with Crippen LogP contribution in [-0.2, 0) is 11.3 Å². The summed E-state index contributed by atoms with van der Waals surface area (Å²) in [5.74, 6) is -0.0237. The number of nitrogens with zero attached hydrogens (tertiary/aromatic N) is 3. The number of rotatable bonds is 6. The first kappa shape index (κ1) is 15.2. The average Bonchev–Trinajstić information content (AvgIpc) is 2.51. The van der Waals surface area contributed by atoms with E-state index in [1.54, 1.807) is 4.90 Å². The molecule has 0 N–H and O–H groups in total. The molecule has 0 aliphatic carbocycles. The number of fused-ring (bicyclic) bond motifs is 1. The fraction of sp³-hybridized carbons (Fsp3) is 0.438. The Balaban J connectivity index is 2.28. The molecule has 0 saturated heterocycles. The van der Waals surface area contributed by atoms with Crippen LogP contribution in [0.5, 0.6) is 0 Å². The normalized spacial score (nSPS) is 10.8. The van der Waals surface area contributed by atoms with Crippen molar-refractivity contribution in [1.29, 1.82) is 0 Å². The summed E-state index contributed by atoms with van der Waals surface area (Å²) in [7, 11) is 0. The molecule has 5 nitrogen and oxygen atoms in total. The van der Waals surface area contributed by atoms with Crippen LogP contribution in [0.2, 0.25) is 0 Å². The van der Waals surface area contributed by atoms with E-state index < -0.39 is 0 Å². The Kier molecular flexibility index (Phi) is 5.09. The zero-order valence-electron chi connectivity index (χ0n) is 12.6. The molecule has 0 radical (unpaired) electrons. The van der Waals surface area contributed by atoms with E-state index in [2.05, 4.69) is 11.9 Å². The molecule has 1 aromatic heterocycles. The summed E-state index contributed by atoms with van der Waals surface area (Å²) in [5.41, 5.74) is 1.18. The van der Waals surface area contributed by atoms with Gasteiger partial charge in [-0.1, -0.05) is 25.5 Å². The zero-order valence-corrected chi connectivity index (χ0v) is 12.6. The van der Waals surface area contributed by atoms with E-state index in [9.17, 15) is 9.59 Å². The maximum atomic E-state index is 12.4. The Hall–Kier alpha value is -2.17. The van der Waals surface area contributed by atoms with Gasteiger partial charge >= 0.3 is 0 Å². The third-order valence-corrected chi connectivity index (χ3v) is 3.56. The van der Waals surface area contributed by atoms with Crippen molar-refractivity contribution >= 4 is 16.9 Å². The summed E-state index contributed by atoms with van der Waals surface area (Å²) < 4.78 is 1.50. The summed E-state index contributed by atoms with van der Waals surface area (Å²) in [6.45, 7) is 5.53. The molecule has 2 aromatic rings. The molecule has 0 saturated carbocycles. The van der Waals surface area contributed by atoms with E-state index in [0.29, 0.717) is 12.1 Å². The summed E-state index contributed by atoms with van der Waals surface area (Å²) in [6, 6.07) is 7.37. The van der Waals surface area contributed by atoms with Gasteiger partial charge in [-0.05, 0) is 25.5 Å². The van der Waals surface area contributed by atoms with Crippen molar-refractivity contribution in [1.82, 2.24) is 14.5 Å². The third-order valence-electron chi connectivity index (χ3n) is 3.56. The fourth-order valence-corrected chi connectivity index (χ4v) is 2.32. The second kappa shape index (κ2) is 7.02. The summed E-state index contributed by atoms with van der Waals surface area (Å²) >= 11 is 0. The minimum atomic E-state index is -0.242. The highest BCUT2D eigenvalue weighted by Gasteiger charge is 2.14. The van der Waals surface area contributed by atoms with Crippen LogP contribution >= 0.6 is 0 Å². The first-order chi connectivity index (χ1) is 10.2. The maximum absolute atomic E-state index is 12.4. The van der Waals surface area contributed by atoms with E-state index >= 15 is 0 Å². The van der Waals surface area contributed by atoms with Crippen LogP contribution in [0.1, 0.15) is 26.7 Å². The number of carbonyl (C=O) groups excluding carboxylic acids is 1. The van der Waals surface area contributed by atoms with Gasteiger partial charge in [-0.2, -0.15) is 0 Å². The van der Waals surface area contributed by atoms with Crippen molar-refractivity contribution in [3.8, 4) is 0 Å². The number of amides is 1. The lowest BCUT2D eigenvalue weighted by atomic mass is 10.3. The SMILES string of the molecule is CCCCN(CC)C(=O)Cn1c(=O)cnc2ccccc21. The molecule has 21 heavy (non-hydrogen) atoms. The molecule has 0 atom stereocenters. The molecule has 2 rings (SSSR count). The largest absolute Gasteiger partial charge is 0.341 e. The maximum Gasteiger partial charge on any atom is 0.269 e. The van der Waals surface area contributed by atoms with Crippen LogP contribution in [0.25, 0.3) is 11.0 Å². The van der Waals surface area contributed by atoms with Gasteiger partial charge in [0.05, 0.1) is 17.2 Å². The molecule has 112 valence electrons. The Labute approximate surface area is 124 Å². The Morgan fingerprint density at radius 1 is 1.29 bits per heavy atom. The molecule has 0 spiro atoms. The van der Waals surface area contributed by atoms with Crippen molar-refractivity contribution < 1.29 is 4.79 Å². The average molecular weight is 287 g/mol. The zero-order chi connectivity index (χ0) is 15.2. The molecule has 0 unspecified atom stereocenters. The van der Waals surface area contributed by atoms with Crippen LogP contribution in [0, 0.1) is 0 Å². The predicted molar refractivity (Wildman–Crippen MR) is 83.2 cm³/mol. The van der Waals surface area contributed by atoms with E-state index in [-0.39, 0.29) is 18.0 Å². The number of hydrogen-bond donors (Lipinski definition) is 0. The smallest absolute Gasteiger partial charge is 0.269 e. The van der Waals surface area contributed by atoms with Crippen LogP contribution in [0.4, 0.5) is 0 Å². The highest BCUT2D eigenvalue weighted by atomic mass is 16.2. The minimum absolute atomic E-state index is 0.0237. The van der Waals surface area contributed by atoms with Crippen LogP contribution < -0.4 is 5.56 Å². The Bertz CT molecular complexity index is 679. The second-order valence-electron chi connectivity index (χ2n) is 5.00. The van der Waals surface area contributed by atoms with Gasteiger partial charge in [0.25, 0.3) is 5.56 Å². The van der Waals surface area contributed by atoms with Gasteiger partial charge in [0.1, 0.15) is 6.54 Å². The number of para-hydroxylation sites is 2. The topological polar surface area (TPSA) is 55.2 Å². The van der Waals surface area contributed by atoms with Gasteiger partial charge in [-0.3, -0.25) is 14.2 Å². The standard InChI is InChI=1S/C16H21N3O2/c1-3-5-10-18(4-2)16(21)12-19-14-9-7-6-8-13(14)17-11-15(19)20/h6-9,11H,3-5,10,12H2,1-2H3. The second-order valence-corrected chi connectivity index (χ2v) is 5.00. The summed E-state index contributed by atoms with van der Waals surface area (Å²) in [4.78, 5) is 30.3. The number of hydrogen-bond acceptors (Lipinski definition) is 3. The van der Waals surface area contributed by atoms with Crippen LogP contribution in [-0.4, -0.2) is 33.4 Å². The Morgan fingerprint density at radius 3 is 2.76 bits per heavy atom. The van der Waals surface area contributed by atoms with Crippen molar-refractivity contribution in [2.24, 2.45) is 0 Å². The monoisotopic (exact) mass is 287 g/mol. The highest BCUT2D eigenvalue weighted by molar-refractivity contribution is 5.80. The number of aromatic nitrogens is 2. The third kappa shape index (κ3) is 3.48. The first-order valence-electron chi connectivity index (χ1n) is 7.39. The number of likely N-dealkylation sites (N-methyl/N-ethyl adjacent to an activating group) is 1. The molecule has 1 aromatic carbocycles. The number of carbonyl (C=O) groups is 1. The molecule has 5 heteroatoms. The lowest BCUT2D eigenvalue weighted by molar-refractivity contribution is -0.131. The van der Waals surface area contributed by atoms with Gasteiger partial charge in [0, 0.05) is 13.1 Å². The van der Waals surface area contributed by atoms with Crippen molar-refractivity contribution in [3.63, 3.8) is 0 Å². The summed E-state index contributed by atoms with van der Waals surface area (Å²) in [5, 5.41) is 0. The molecule has 0 fully saturated rings. The van der Waals surface area contributed by atoms with Gasteiger partial charge in [0.15, 0.2) is 0 Å². The van der Waals surface area contributed by atoms with Crippen molar-refractivity contribution in [2.75, 3.05) is 13.1 Å². The molecule has 1 amide bonds. The highest BCUT2D eigenvalue weighted by Crippen LogP contribution is 2.08. The molecular formula is C16H21N3O2. The lowest BCUT2D eigenvalue weighted by Gasteiger charge is -2.21. The first-order valence-corrected chi connectivity index (χ1v) is 7.39. The number of unbranched alkanes of at least 4 members (excludes halogenated alkanes) is 1. The molecule has 1 heterocycles. The van der Waals surface area contributed by atoms with Gasteiger partial charge in [-0.15, -0.1) is 0 Å². The fourth-order valence-electron chi connectivity index (χ4n) is 2.32. The van der Waals surface area contributed by atoms with Crippen molar-refractivity contribution in [2.45, 2.75) is 33.2 Å². The quantitative estimate of drug-likeness (QED) is 0.817. The molecular weight excluding hydrogens is 266 g/mol. The number of benzene rings is 1. The van der Waals surface area contributed by atoms with Gasteiger partial charge in [0.2, 0.25) is 5.91 Å². The van der Waals surface area contributed by atoms with Gasteiger partial charge in [-0.25, -0.2) is 4.98 Å². The van der Waals surface area contributed by atoms with E-state index in [1.165, 1.54) is 10.8 Å². The van der Waals surface area contributed by atoms with Crippen LogP contribution in [0.3, 0.4) is 0 Å². The van der Waals surface area contributed by atoms with Crippen molar-refractivity contribution in [3.05, 3.63) is 40.8 Å². The Morgan fingerprint density at radius 2 is 2.05 bits per heavy atom. The summed E-state index contributed by atoms with van der Waals surface area (Å²) in [6.07, 6.45) is 3.30. The lowest BCUT2D eigenvalue weighted by Crippen LogP contribution is -2.37. The van der Waals surface area contributed by atoms with E-state index in [1.807, 2.05) is 31.2 Å². The van der Waals surface area contributed by atoms with Crippen LogP contribution in [0.15, 0.2) is 35.3 Å². The molecule has 0 aliphatic rings. The van der Waals surface area contributed by atoms with Gasteiger partial charge < -0.3 is 4.90 Å². The molecule has 0 bridgehead atoms. The predicted octanol–water partition coefficient (Wildman–Crippen LogP) is 2.05. The molecule has 0 aliphatic heterocycles. The minimum Gasteiger partial charge on any atom is -0.341 e.